The summed E-state index contributed by atoms with van der Waals surface area (Å²) in [5.74, 6) is -2.76. The van der Waals surface area contributed by atoms with Gasteiger partial charge in [0.1, 0.15) is 18.1 Å². The first kappa shape index (κ1) is 24.3. The van der Waals surface area contributed by atoms with Crippen LogP contribution in [0, 0.1) is 5.92 Å². The largest absolute Gasteiger partial charge is 0.480 e. The lowest BCUT2D eigenvalue weighted by Gasteiger charge is -2.29. The van der Waals surface area contributed by atoms with Gasteiger partial charge >= 0.3 is 5.97 Å². The first-order valence-corrected chi connectivity index (χ1v) is 10.5. The predicted octanol–water partition coefficient (Wildman–Crippen LogP) is 0.278. The van der Waals surface area contributed by atoms with Gasteiger partial charge in [0, 0.05) is 13.0 Å². The van der Waals surface area contributed by atoms with E-state index in [1.165, 1.54) is 4.90 Å². The van der Waals surface area contributed by atoms with E-state index >= 15 is 0 Å². The highest BCUT2D eigenvalue weighted by Gasteiger charge is 2.37. The molecule has 3 amide bonds. The number of nitrogens with one attached hydrogen (secondary N) is 2. The Morgan fingerprint density at radius 1 is 1.13 bits per heavy atom. The summed E-state index contributed by atoms with van der Waals surface area (Å²) in [5, 5.41) is 14.8. The second-order valence-electron chi connectivity index (χ2n) is 8.30. The molecule has 2 rings (SSSR count). The molecule has 1 aliphatic rings. The van der Waals surface area contributed by atoms with Crippen LogP contribution in [0.5, 0.6) is 0 Å². The standard InChI is InChI=1S/C22H32N4O5/c1-13(2)18(25-19(27)17-10-7-11-26(17)21(29)14(3)23)20(28)24-16(22(30)31)12-15-8-5-4-6-9-15/h4-6,8-9,13-14,16-18H,7,10-12,23H2,1-3H3,(H,24,28)(H,25,27)(H,30,31). The zero-order valence-electron chi connectivity index (χ0n) is 18.2. The van der Waals surface area contributed by atoms with Crippen molar-refractivity contribution < 1.29 is 24.3 Å². The summed E-state index contributed by atoms with van der Waals surface area (Å²) >= 11 is 0. The van der Waals surface area contributed by atoms with Crippen LogP contribution in [-0.4, -0.2) is 64.4 Å². The second kappa shape index (κ2) is 10.9. The Morgan fingerprint density at radius 2 is 1.77 bits per heavy atom. The van der Waals surface area contributed by atoms with Crippen molar-refractivity contribution in [2.45, 2.75) is 64.2 Å². The summed E-state index contributed by atoms with van der Waals surface area (Å²) in [6, 6.07) is 5.52. The fourth-order valence-corrected chi connectivity index (χ4v) is 3.66. The van der Waals surface area contributed by atoms with Gasteiger partial charge in [0.25, 0.3) is 0 Å². The van der Waals surface area contributed by atoms with Crippen LogP contribution in [0.4, 0.5) is 0 Å². The lowest BCUT2D eigenvalue weighted by Crippen LogP contribution is -2.58. The summed E-state index contributed by atoms with van der Waals surface area (Å²) in [6.07, 6.45) is 1.29. The topological polar surface area (TPSA) is 142 Å². The third-order valence-corrected chi connectivity index (χ3v) is 5.37. The number of aliphatic carboxylic acids is 1. The Labute approximate surface area is 182 Å². The van der Waals surface area contributed by atoms with Crippen molar-refractivity contribution in [3.63, 3.8) is 0 Å². The number of rotatable bonds is 9. The fraction of sp³-hybridized carbons (Fsp3) is 0.545. The number of nitrogens with zero attached hydrogens (tertiary/aromatic N) is 1. The molecule has 1 fully saturated rings. The number of nitrogens with two attached hydrogens (primary N) is 1. The molecule has 0 aromatic heterocycles. The molecule has 4 unspecified atom stereocenters. The summed E-state index contributed by atoms with van der Waals surface area (Å²) < 4.78 is 0. The minimum absolute atomic E-state index is 0.125. The Bertz CT molecular complexity index is 796. The summed E-state index contributed by atoms with van der Waals surface area (Å²) in [4.78, 5) is 51.2. The van der Waals surface area contributed by atoms with Crippen molar-refractivity contribution in [2.24, 2.45) is 11.7 Å². The van der Waals surface area contributed by atoms with Gasteiger partial charge in [0.05, 0.1) is 6.04 Å². The van der Waals surface area contributed by atoms with E-state index in [9.17, 15) is 24.3 Å². The van der Waals surface area contributed by atoms with Crippen LogP contribution in [-0.2, 0) is 25.6 Å². The molecule has 1 heterocycles. The van der Waals surface area contributed by atoms with Crippen molar-refractivity contribution in [1.82, 2.24) is 15.5 Å². The third kappa shape index (κ3) is 6.52. The van der Waals surface area contributed by atoms with Gasteiger partial charge in [-0.05, 0) is 31.2 Å². The van der Waals surface area contributed by atoms with Crippen molar-refractivity contribution in [1.29, 1.82) is 0 Å². The van der Waals surface area contributed by atoms with E-state index in [0.717, 1.165) is 5.56 Å². The molecule has 1 saturated heterocycles. The maximum absolute atomic E-state index is 12.9. The number of carboxylic acids is 1. The Hall–Kier alpha value is -2.94. The predicted molar refractivity (Wildman–Crippen MR) is 115 cm³/mol. The van der Waals surface area contributed by atoms with E-state index in [0.29, 0.717) is 19.4 Å². The van der Waals surface area contributed by atoms with Crippen molar-refractivity contribution in [2.75, 3.05) is 6.54 Å². The molecule has 1 aromatic carbocycles. The van der Waals surface area contributed by atoms with Gasteiger partial charge in [-0.1, -0.05) is 44.2 Å². The SMILES string of the molecule is CC(N)C(=O)N1CCCC1C(=O)NC(C(=O)NC(Cc1ccccc1)C(=O)O)C(C)C. The lowest BCUT2D eigenvalue weighted by atomic mass is 10.0. The number of hydrogen-bond acceptors (Lipinski definition) is 5. The van der Waals surface area contributed by atoms with E-state index in [1.54, 1.807) is 45.0 Å². The Balaban J connectivity index is 2.08. The highest BCUT2D eigenvalue weighted by Crippen LogP contribution is 2.19. The molecular weight excluding hydrogens is 400 g/mol. The van der Waals surface area contributed by atoms with Gasteiger partial charge in [0.2, 0.25) is 17.7 Å². The molecule has 0 radical (unpaired) electrons. The number of likely N-dealkylation sites (tertiary alicyclic amines) is 1. The first-order valence-electron chi connectivity index (χ1n) is 10.5. The molecule has 4 atom stereocenters. The quantitative estimate of drug-likeness (QED) is 0.441. The van der Waals surface area contributed by atoms with Gasteiger partial charge in [-0.2, -0.15) is 0 Å². The molecule has 0 aliphatic carbocycles. The minimum atomic E-state index is -1.16. The lowest BCUT2D eigenvalue weighted by molar-refractivity contribution is -0.143. The maximum atomic E-state index is 12.9. The molecular formula is C22H32N4O5. The Kier molecular flexibility index (Phi) is 8.56. The molecule has 9 nitrogen and oxygen atoms in total. The van der Waals surface area contributed by atoms with Gasteiger partial charge < -0.3 is 26.4 Å². The average molecular weight is 433 g/mol. The molecule has 5 N–H and O–H groups in total. The normalized spacial score (nSPS) is 18.9. The summed E-state index contributed by atoms with van der Waals surface area (Å²) in [7, 11) is 0. The molecule has 31 heavy (non-hydrogen) atoms. The van der Waals surface area contributed by atoms with Gasteiger partial charge in [0.15, 0.2) is 0 Å². The van der Waals surface area contributed by atoms with Crippen LogP contribution in [0.3, 0.4) is 0 Å². The number of benzene rings is 1. The average Bonchev–Trinajstić information content (AvgIpc) is 3.20. The number of carbonyl (C=O) groups is 4. The van der Waals surface area contributed by atoms with Crippen LogP contribution in [0.2, 0.25) is 0 Å². The van der Waals surface area contributed by atoms with Crippen LogP contribution in [0.15, 0.2) is 30.3 Å². The van der Waals surface area contributed by atoms with Gasteiger partial charge in [-0.25, -0.2) is 4.79 Å². The van der Waals surface area contributed by atoms with E-state index in [1.807, 2.05) is 6.07 Å². The zero-order valence-corrected chi connectivity index (χ0v) is 18.2. The van der Waals surface area contributed by atoms with Gasteiger partial charge in [-0.15, -0.1) is 0 Å². The van der Waals surface area contributed by atoms with Crippen molar-refractivity contribution >= 4 is 23.7 Å². The summed E-state index contributed by atoms with van der Waals surface area (Å²) in [5.41, 5.74) is 6.45. The highest BCUT2D eigenvalue weighted by molar-refractivity contribution is 5.94. The van der Waals surface area contributed by atoms with E-state index in [4.69, 9.17) is 5.73 Å². The third-order valence-electron chi connectivity index (χ3n) is 5.37. The number of amides is 3. The zero-order chi connectivity index (χ0) is 23.1. The van der Waals surface area contributed by atoms with E-state index < -0.39 is 42.0 Å². The first-order chi connectivity index (χ1) is 14.6. The number of carboxylic acid groups (broad SMARTS) is 1. The van der Waals surface area contributed by atoms with Crippen LogP contribution >= 0.6 is 0 Å². The monoisotopic (exact) mass is 432 g/mol. The second-order valence-corrected chi connectivity index (χ2v) is 8.30. The van der Waals surface area contributed by atoms with E-state index in [-0.39, 0.29) is 18.2 Å². The highest BCUT2D eigenvalue weighted by atomic mass is 16.4. The molecule has 9 heteroatoms. The minimum Gasteiger partial charge on any atom is -0.480 e. The number of carbonyl (C=O) groups excluding carboxylic acids is 3. The van der Waals surface area contributed by atoms with Crippen molar-refractivity contribution in [3.8, 4) is 0 Å². The van der Waals surface area contributed by atoms with Crippen LogP contribution in [0.25, 0.3) is 0 Å². The molecule has 1 aromatic rings. The molecule has 1 aliphatic heterocycles. The van der Waals surface area contributed by atoms with Crippen LogP contribution in [0.1, 0.15) is 39.2 Å². The van der Waals surface area contributed by atoms with Crippen LogP contribution < -0.4 is 16.4 Å². The smallest absolute Gasteiger partial charge is 0.326 e. The maximum Gasteiger partial charge on any atom is 0.326 e. The molecule has 0 spiro atoms. The Morgan fingerprint density at radius 3 is 2.32 bits per heavy atom. The fourth-order valence-electron chi connectivity index (χ4n) is 3.66. The molecule has 170 valence electrons. The molecule has 0 saturated carbocycles. The van der Waals surface area contributed by atoms with E-state index in [2.05, 4.69) is 10.6 Å². The summed E-state index contributed by atoms with van der Waals surface area (Å²) in [6.45, 7) is 5.53. The number of hydrogen-bond donors (Lipinski definition) is 4. The van der Waals surface area contributed by atoms with Gasteiger partial charge in [-0.3, -0.25) is 14.4 Å². The molecule has 0 bridgehead atoms. The van der Waals surface area contributed by atoms with Crippen molar-refractivity contribution in [3.05, 3.63) is 35.9 Å².